The first-order valence-corrected chi connectivity index (χ1v) is 10.3. The topological polar surface area (TPSA) is 77.8 Å². The fraction of sp³-hybridized carbons (Fsp3) is 0.952. The molecule has 142 valence electrons. The maximum absolute atomic E-state index is 12.3. The molecule has 4 aliphatic rings. The molecule has 4 saturated carbocycles. The first-order valence-electron chi connectivity index (χ1n) is 10.3. The molecule has 4 fully saturated rings. The van der Waals surface area contributed by atoms with E-state index < -0.39 is 0 Å². The van der Waals surface area contributed by atoms with Gasteiger partial charge in [0.25, 0.3) is 0 Å². The van der Waals surface area contributed by atoms with Crippen molar-refractivity contribution in [1.29, 1.82) is 0 Å². The molecular formula is C21H34O4. The van der Waals surface area contributed by atoms with Gasteiger partial charge in [0.1, 0.15) is 6.61 Å². The maximum Gasteiger partial charge on any atom is 0.161 e. The van der Waals surface area contributed by atoms with Crippen LogP contribution < -0.4 is 0 Å². The van der Waals surface area contributed by atoms with Gasteiger partial charge in [0.15, 0.2) is 5.78 Å². The van der Waals surface area contributed by atoms with Gasteiger partial charge >= 0.3 is 0 Å². The van der Waals surface area contributed by atoms with Crippen molar-refractivity contribution in [2.45, 2.75) is 77.4 Å². The van der Waals surface area contributed by atoms with Gasteiger partial charge in [-0.05, 0) is 85.9 Å². The summed E-state index contributed by atoms with van der Waals surface area (Å²) < 4.78 is 0. The van der Waals surface area contributed by atoms with Gasteiger partial charge in [-0.3, -0.25) is 4.79 Å². The van der Waals surface area contributed by atoms with E-state index in [0.717, 1.165) is 51.4 Å². The molecular weight excluding hydrogens is 316 g/mol. The lowest BCUT2D eigenvalue weighted by Crippen LogP contribution is -2.58. The zero-order valence-electron chi connectivity index (χ0n) is 15.7. The summed E-state index contributed by atoms with van der Waals surface area (Å²) in [6, 6.07) is 0. The summed E-state index contributed by atoms with van der Waals surface area (Å²) in [4.78, 5) is 12.3. The van der Waals surface area contributed by atoms with Crippen LogP contribution in [0.4, 0.5) is 0 Å². The van der Waals surface area contributed by atoms with Gasteiger partial charge in [0, 0.05) is 5.92 Å². The normalized spacial score (nSPS) is 55.2. The zero-order chi connectivity index (χ0) is 18.0. The number of hydrogen-bond donors (Lipinski definition) is 3. The lowest BCUT2D eigenvalue weighted by atomic mass is 9.44. The van der Waals surface area contributed by atoms with Gasteiger partial charge in [-0.2, -0.15) is 0 Å². The number of rotatable bonds is 2. The minimum absolute atomic E-state index is 0.000648. The molecule has 0 heterocycles. The molecule has 0 aromatic carbocycles. The molecule has 25 heavy (non-hydrogen) atoms. The number of aliphatic hydroxyl groups excluding tert-OH is 3. The van der Waals surface area contributed by atoms with Gasteiger partial charge < -0.3 is 15.3 Å². The van der Waals surface area contributed by atoms with Crippen molar-refractivity contribution in [2.75, 3.05) is 6.61 Å². The second-order valence-corrected chi connectivity index (χ2v) is 10.0. The third-order valence-electron chi connectivity index (χ3n) is 9.20. The highest BCUT2D eigenvalue weighted by molar-refractivity contribution is 5.83. The minimum Gasteiger partial charge on any atom is -0.393 e. The van der Waals surface area contributed by atoms with Crippen LogP contribution in [-0.4, -0.2) is 39.9 Å². The van der Waals surface area contributed by atoms with Crippen LogP contribution in [0.5, 0.6) is 0 Å². The van der Waals surface area contributed by atoms with Crippen LogP contribution in [0.2, 0.25) is 0 Å². The summed E-state index contributed by atoms with van der Waals surface area (Å²) in [5, 5.41) is 30.4. The Morgan fingerprint density at radius 2 is 1.60 bits per heavy atom. The van der Waals surface area contributed by atoms with Crippen LogP contribution >= 0.6 is 0 Å². The van der Waals surface area contributed by atoms with Gasteiger partial charge in [0.2, 0.25) is 0 Å². The lowest BCUT2D eigenvalue weighted by molar-refractivity contribution is -0.172. The van der Waals surface area contributed by atoms with Crippen molar-refractivity contribution in [3.8, 4) is 0 Å². The molecule has 0 spiro atoms. The lowest BCUT2D eigenvalue weighted by Gasteiger charge is -2.62. The first kappa shape index (κ1) is 17.9. The Morgan fingerprint density at radius 3 is 2.32 bits per heavy atom. The predicted octanol–water partition coefficient (Wildman–Crippen LogP) is 2.54. The van der Waals surface area contributed by atoms with Crippen molar-refractivity contribution in [3.63, 3.8) is 0 Å². The summed E-state index contributed by atoms with van der Waals surface area (Å²) in [5.74, 6) is 1.82. The second kappa shape index (κ2) is 6.03. The van der Waals surface area contributed by atoms with Crippen molar-refractivity contribution in [1.82, 2.24) is 0 Å². The molecule has 3 N–H and O–H groups in total. The highest BCUT2D eigenvalue weighted by Gasteiger charge is 2.62. The third-order valence-corrected chi connectivity index (χ3v) is 9.20. The Balaban J connectivity index is 1.63. The second-order valence-electron chi connectivity index (χ2n) is 10.0. The van der Waals surface area contributed by atoms with Gasteiger partial charge in [-0.1, -0.05) is 13.8 Å². The third kappa shape index (κ3) is 2.47. The van der Waals surface area contributed by atoms with E-state index in [1.54, 1.807) is 0 Å². The Kier molecular flexibility index (Phi) is 4.33. The van der Waals surface area contributed by atoms with Gasteiger partial charge in [-0.25, -0.2) is 0 Å². The monoisotopic (exact) mass is 350 g/mol. The highest BCUT2D eigenvalue weighted by atomic mass is 16.3. The number of hydrogen-bond acceptors (Lipinski definition) is 4. The van der Waals surface area contributed by atoms with E-state index >= 15 is 0 Å². The average Bonchev–Trinajstić information content (AvgIpc) is 2.93. The number of fused-ring (bicyclic) bond motifs is 5. The van der Waals surface area contributed by atoms with Gasteiger partial charge in [-0.15, -0.1) is 0 Å². The van der Waals surface area contributed by atoms with E-state index in [4.69, 9.17) is 0 Å². The zero-order valence-corrected chi connectivity index (χ0v) is 15.7. The molecule has 4 rings (SSSR count). The van der Waals surface area contributed by atoms with E-state index in [9.17, 15) is 20.1 Å². The minimum atomic E-state index is -0.332. The Labute approximate surface area is 151 Å². The van der Waals surface area contributed by atoms with Crippen LogP contribution in [0.25, 0.3) is 0 Å². The SMILES string of the molecule is CC12CCC3C(CC(O)C4CC(O)CCC43C)C1CCC2C(=O)CO. The molecule has 0 saturated heterocycles. The summed E-state index contributed by atoms with van der Waals surface area (Å²) in [7, 11) is 0. The van der Waals surface area contributed by atoms with E-state index in [1.165, 1.54) is 0 Å². The fourth-order valence-corrected chi connectivity index (χ4v) is 7.92. The highest BCUT2D eigenvalue weighted by Crippen LogP contribution is 2.67. The molecule has 4 aliphatic carbocycles. The van der Waals surface area contributed by atoms with E-state index in [-0.39, 0.29) is 47.3 Å². The summed E-state index contributed by atoms with van der Waals surface area (Å²) in [5.41, 5.74) is 0.125. The number of Topliss-reactive ketones (excluding diaryl/α,β-unsaturated/α-hetero) is 1. The van der Waals surface area contributed by atoms with Crippen LogP contribution in [0, 0.1) is 40.4 Å². The molecule has 0 bridgehead atoms. The van der Waals surface area contributed by atoms with Crippen LogP contribution in [0.1, 0.15) is 65.2 Å². The standard InChI is InChI=1S/C21H34O4/c1-20-8-6-15-13(14(20)3-4-16(20)19(25)11-22)10-18(24)17-9-12(23)5-7-21(15,17)2/h12-18,22-24H,3-11H2,1-2H3. The Hall–Kier alpha value is -0.450. The largest absolute Gasteiger partial charge is 0.393 e. The van der Waals surface area contributed by atoms with Crippen LogP contribution in [0.3, 0.4) is 0 Å². The summed E-state index contributed by atoms with van der Waals surface area (Å²) >= 11 is 0. The molecule has 0 aromatic rings. The number of carbonyl (C=O) groups excluding carboxylic acids is 1. The van der Waals surface area contributed by atoms with E-state index in [0.29, 0.717) is 17.8 Å². The smallest absolute Gasteiger partial charge is 0.161 e. The molecule has 9 unspecified atom stereocenters. The fourth-order valence-electron chi connectivity index (χ4n) is 7.92. The van der Waals surface area contributed by atoms with E-state index in [1.807, 2.05) is 0 Å². The average molecular weight is 350 g/mol. The first-order chi connectivity index (χ1) is 11.8. The maximum atomic E-state index is 12.3. The van der Waals surface area contributed by atoms with Crippen molar-refractivity contribution in [3.05, 3.63) is 0 Å². The molecule has 0 amide bonds. The molecule has 0 aromatic heterocycles. The molecule has 9 atom stereocenters. The number of aliphatic hydroxyl groups is 3. The van der Waals surface area contributed by atoms with Crippen LogP contribution in [-0.2, 0) is 4.79 Å². The van der Waals surface area contributed by atoms with E-state index in [2.05, 4.69) is 13.8 Å². The Bertz CT molecular complexity index is 548. The van der Waals surface area contributed by atoms with Crippen molar-refractivity contribution in [2.24, 2.45) is 40.4 Å². The summed E-state index contributed by atoms with van der Waals surface area (Å²) in [6.07, 6.45) is 7.02. The molecule has 4 heteroatoms. The number of ketones is 1. The molecule has 4 nitrogen and oxygen atoms in total. The Morgan fingerprint density at radius 1 is 0.920 bits per heavy atom. The number of carbonyl (C=O) groups is 1. The summed E-state index contributed by atoms with van der Waals surface area (Å²) in [6.45, 7) is 4.30. The van der Waals surface area contributed by atoms with Crippen molar-refractivity contribution < 1.29 is 20.1 Å². The molecule has 0 aliphatic heterocycles. The van der Waals surface area contributed by atoms with Gasteiger partial charge in [0.05, 0.1) is 12.2 Å². The quantitative estimate of drug-likeness (QED) is 0.715. The van der Waals surface area contributed by atoms with Crippen molar-refractivity contribution >= 4 is 5.78 Å². The predicted molar refractivity (Wildman–Crippen MR) is 94.7 cm³/mol. The van der Waals surface area contributed by atoms with Crippen LogP contribution in [0.15, 0.2) is 0 Å². The molecule has 0 radical (unpaired) electrons.